The first-order valence-electron chi connectivity index (χ1n) is 6.89. The number of aliphatic hydroxyl groups excluding tert-OH is 1. The van der Waals surface area contributed by atoms with E-state index in [1.165, 1.54) is 0 Å². The Morgan fingerprint density at radius 1 is 1.53 bits per heavy atom. The van der Waals surface area contributed by atoms with E-state index in [4.69, 9.17) is 0 Å². The monoisotopic (exact) mass is 268 g/mol. The van der Waals surface area contributed by atoms with Crippen molar-refractivity contribution in [2.75, 3.05) is 20.2 Å². The second-order valence-electron chi connectivity index (χ2n) is 5.96. The molecule has 5 heteroatoms. The molecule has 1 atom stereocenters. The van der Waals surface area contributed by atoms with Crippen molar-refractivity contribution in [2.24, 2.45) is 7.05 Å². The Kier molecular flexibility index (Phi) is 5.97. The van der Waals surface area contributed by atoms with Crippen LogP contribution in [0.3, 0.4) is 0 Å². The lowest BCUT2D eigenvalue weighted by Gasteiger charge is -2.32. The van der Waals surface area contributed by atoms with Gasteiger partial charge in [-0.25, -0.2) is 4.98 Å². The number of nitrogens with one attached hydrogen (secondary N) is 1. The summed E-state index contributed by atoms with van der Waals surface area (Å²) in [7, 11) is 4.09. The highest BCUT2D eigenvalue weighted by atomic mass is 16.3. The lowest BCUT2D eigenvalue weighted by molar-refractivity contribution is 0.141. The van der Waals surface area contributed by atoms with Crippen LogP contribution in [0.25, 0.3) is 0 Å². The Balaban J connectivity index is 2.44. The van der Waals surface area contributed by atoms with Crippen LogP contribution in [0.5, 0.6) is 0 Å². The van der Waals surface area contributed by atoms with Crippen LogP contribution in [0, 0.1) is 0 Å². The average Bonchev–Trinajstić information content (AvgIpc) is 2.72. The second kappa shape index (κ2) is 7.03. The van der Waals surface area contributed by atoms with Crippen LogP contribution in [0.2, 0.25) is 0 Å². The molecule has 0 aliphatic rings. The molecular weight excluding hydrogens is 240 g/mol. The maximum atomic E-state index is 9.55. The maximum absolute atomic E-state index is 9.55. The van der Waals surface area contributed by atoms with Crippen molar-refractivity contribution >= 4 is 0 Å². The Morgan fingerprint density at radius 2 is 2.21 bits per heavy atom. The molecule has 0 aromatic carbocycles. The van der Waals surface area contributed by atoms with Crippen molar-refractivity contribution in [1.82, 2.24) is 19.8 Å². The molecule has 19 heavy (non-hydrogen) atoms. The summed E-state index contributed by atoms with van der Waals surface area (Å²) in [5.41, 5.74) is -0.218. The average molecular weight is 268 g/mol. The fourth-order valence-corrected chi connectivity index (χ4v) is 2.20. The van der Waals surface area contributed by atoms with E-state index in [1.807, 2.05) is 24.0 Å². The second-order valence-corrected chi connectivity index (χ2v) is 5.96. The number of hydrogen-bond acceptors (Lipinski definition) is 4. The molecule has 0 fully saturated rings. The van der Waals surface area contributed by atoms with Gasteiger partial charge in [0.25, 0.3) is 0 Å². The molecule has 0 radical (unpaired) electrons. The standard InChI is InChI=1S/C14H28N4O/c1-12(2)16-14(3,11-19)6-8-17(4)10-13-15-7-9-18(13)5/h7,9,12,16,19H,6,8,10-11H2,1-5H3. The fraction of sp³-hybridized carbons (Fsp3) is 0.786. The van der Waals surface area contributed by atoms with E-state index in [1.54, 1.807) is 0 Å². The Morgan fingerprint density at radius 3 is 2.68 bits per heavy atom. The summed E-state index contributed by atoms with van der Waals surface area (Å²) in [6, 6.07) is 0.372. The molecule has 0 saturated carbocycles. The van der Waals surface area contributed by atoms with Crippen molar-refractivity contribution in [2.45, 2.75) is 45.3 Å². The molecular formula is C14H28N4O. The van der Waals surface area contributed by atoms with Crippen LogP contribution in [-0.2, 0) is 13.6 Å². The van der Waals surface area contributed by atoms with Crippen molar-refractivity contribution in [3.63, 3.8) is 0 Å². The number of hydrogen-bond donors (Lipinski definition) is 2. The zero-order valence-corrected chi connectivity index (χ0v) is 12.8. The van der Waals surface area contributed by atoms with E-state index >= 15 is 0 Å². The summed E-state index contributed by atoms with van der Waals surface area (Å²) in [6.07, 6.45) is 4.69. The van der Waals surface area contributed by atoms with Gasteiger partial charge < -0.3 is 15.0 Å². The molecule has 5 nitrogen and oxygen atoms in total. The molecule has 0 spiro atoms. The third-order valence-corrected chi connectivity index (χ3v) is 3.36. The van der Waals surface area contributed by atoms with E-state index in [9.17, 15) is 5.11 Å². The number of aromatic nitrogens is 2. The molecule has 0 aliphatic carbocycles. The SMILES string of the molecule is CC(C)NC(C)(CO)CCN(C)Cc1nccn1C. The van der Waals surface area contributed by atoms with Gasteiger partial charge in [-0.1, -0.05) is 13.8 Å². The van der Waals surface area contributed by atoms with Crippen molar-refractivity contribution in [3.05, 3.63) is 18.2 Å². The number of rotatable bonds is 8. The van der Waals surface area contributed by atoms with Crippen LogP contribution >= 0.6 is 0 Å². The van der Waals surface area contributed by atoms with Crippen LogP contribution in [0.4, 0.5) is 0 Å². The first kappa shape index (κ1) is 16.1. The lowest BCUT2D eigenvalue weighted by Crippen LogP contribution is -2.50. The van der Waals surface area contributed by atoms with Crippen LogP contribution in [0.15, 0.2) is 12.4 Å². The molecule has 1 unspecified atom stereocenters. The Bertz CT molecular complexity index is 377. The van der Waals surface area contributed by atoms with Gasteiger partial charge in [0.2, 0.25) is 0 Å². The molecule has 110 valence electrons. The normalized spacial score (nSPS) is 15.2. The number of aliphatic hydroxyl groups is 1. The summed E-state index contributed by atoms with van der Waals surface area (Å²) in [5.74, 6) is 1.06. The zero-order valence-electron chi connectivity index (χ0n) is 12.8. The molecule has 0 saturated heterocycles. The molecule has 0 amide bonds. The highest BCUT2D eigenvalue weighted by molar-refractivity contribution is 4.91. The van der Waals surface area contributed by atoms with Gasteiger partial charge in [-0.3, -0.25) is 4.90 Å². The minimum absolute atomic E-state index is 0.154. The van der Waals surface area contributed by atoms with Crippen LogP contribution < -0.4 is 5.32 Å². The van der Waals surface area contributed by atoms with Crippen LogP contribution in [-0.4, -0.2) is 51.3 Å². The highest BCUT2D eigenvalue weighted by Crippen LogP contribution is 2.11. The van der Waals surface area contributed by atoms with E-state index in [0.717, 1.165) is 25.3 Å². The van der Waals surface area contributed by atoms with Crippen molar-refractivity contribution < 1.29 is 5.11 Å². The van der Waals surface area contributed by atoms with Gasteiger partial charge in [-0.2, -0.15) is 0 Å². The number of aryl methyl sites for hydroxylation is 1. The van der Waals surface area contributed by atoms with Crippen molar-refractivity contribution in [3.8, 4) is 0 Å². The number of nitrogens with zero attached hydrogens (tertiary/aromatic N) is 3. The van der Waals surface area contributed by atoms with Crippen LogP contribution in [0.1, 0.15) is 33.0 Å². The molecule has 2 N–H and O–H groups in total. The van der Waals surface area contributed by atoms with Gasteiger partial charge in [-0.15, -0.1) is 0 Å². The van der Waals surface area contributed by atoms with E-state index in [-0.39, 0.29) is 12.1 Å². The third kappa shape index (κ3) is 5.30. The molecule has 0 bridgehead atoms. The molecule has 0 aliphatic heterocycles. The van der Waals surface area contributed by atoms with Crippen molar-refractivity contribution in [1.29, 1.82) is 0 Å². The first-order chi connectivity index (χ1) is 8.86. The minimum atomic E-state index is -0.218. The lowest BCUT2D eigenvalue weighted by atomic mass is 9.97. The summed E-state index contributed by atoms with van der Waals surface area (Å²) < 4.78 is 2.04. The summed E-state index contributed by atoms with van der Waals surface area (Å²) >= 11 is 0. The fourth-order valence-electron chi connectivity index (χ4n) is 2.20. The minimum Gasteiger partial charge on any atom is -0.394 e. The van der Waals surface area contributed by atoms with Gasteiger partial charge >= 0.3 is 0 Å². The zero-order chi connectivity index (χ0) is 14.5. The highest BCUT2D eigenvalue weighted by Gasteiger charge is 2.24. The van der Waals surface area contributed by atoms with Gasteiger partial charge in [-0.05, 0) is 20.4 Å². The van der Waals surface area contributed by atoms with Gasteiger partial charge in [0.05, 0.1) is 13.2 Å². The third-order valence-electron chi connectivity index (χ3n) is 3.36. The van der Waals surface area contributed by atoms with E-state index in [0.29, 0.717) is 6.04 Å². The molecule has 1 aromatic heterocycles. The number of imidazole rings is 1. The first-order valence-corrected chi connectivity index (χ1v) is 6.89. The maximum Gasteiger partial charge on any atom is 0.122 e. The van der Waals surface area contributed by atoms with Gasteiger partial charge in [0.15, 0.2) is 0 Å². The summed E-state index contributed by atoms with van der Waals surface area (Å²) in [5, 5.41) is 13.0. The quantitative estimate of drug-likeness (QED) is 0.738. The Labute approximate surface area is 116 Å². The largest absolute Gasteiger partial charge is 0.394 e. The Hall–Kier alpha value is -0.910. The topological polar surface area (TPSA) is 53.3 Å². The smallest absolute Gasteiger partial charge is 0.122 e. The van der Waals surface area contributed by atoms with E-state index < -0.39 is 0 Å². The predicted molar refractivity (Wildman–Crippen MR) is 77.9 cm³/mol. The van der Waals surface area contributed by atoms with Gasteiger partial charge in [0.1, 0.15) is 5.82 Å². The summed E-state index contributed by atoms with van der Waals surface area (Å²) in [4.78, 5) is 6.56. The summed E-state index contributed by atoms with van der Waals surface area (Å²) in [6.45, 7) is 8.18. The molecule has 1 aromatic rings. The van der Waals surface area contributed by atoms with E-state index in [2.05, 4.69) is 43.0 Å². The van der Waals surface area contributed by atoms with Gasteiger partial charge in [0, 0.05) is 37.6 Å². The molecule has 1 rings (SSSR count). The predicted octanol–water partition coefficient (Wildman–Crippen LogP) is 0.991. The molecule has 1 heterocycles.